The number of benzene rings is 1. The molecule has 0 aliphatic rings. The number of halogens is 2. The number of fused-ring (bicyclic) bond motifs is 1. The van der Waals surface area contributed by atoms with Crippen molar-refractivity contribution in [1.82, 2.24) is 9.97 Å². The second-order valence-corrected chi connectivity index (χ2v) is 3.81. The number of hydrogen-bond donors (Lipinski definition) is 2. The summed E-state index contributed by atoms with van der Waals surface area (Å²) in [6, 6.07) is 4.54. The van der Waals surface area contributed by atoms with Crippen LogP contribution >= 0.6 is 0 Å². The maximum Gasteiger partial charge on any atom is 0.292 e. The van der Waals surface area contributed by atoms with Crippen molar-refractivity contribution >= 4 is 11.0 Å². The Morgan fingerprint density at radius 2 is 2.18 bits per heavy atom. The van der Waals surface area contributed by atoms with Crippen molar-refractivity contribution in [2.45, 2.75) is 19.5 Å². The molecule has 2 rings (SSSR count). The molecule has 0 aliphatic carbocycles. The van der Waals surface area contributed by atoms with Gasteiger partial charge in [-0.15, -0.1) is 0 Å². The van der Waals surface area contributed by atoms with Gasteiger partial charge in [-0.3, -0.25) is 4.79 Å². The second-order valence-electron chi connectivity index (χ2n) is 3.81. The second kappa shape index (κ2) is 3.89. The van der Waals surface area contributed by atoms with Gasteiger partial charge in [-0.25, -0.2) is 4.98 Å². The van der Waals surface area contributed by atoms with Crippen molar-refractivity contribution in [3.05, 3.63) is 39.8 Å². The summed E-state index contributed by atoms with van der Waals surface area (Å²) in [6.07, 6.45) is 0. The molecule has 1 aromatic carbocycles. The molecule has 0 fully saturated rings. The van der Waals surface area contributed by atoms with Gasteiger partial charge in [0.1, 0.15) is 0 Å². The first-order valence-corrected chi connectivity index (χ1v) is 4.94. The number of hydrogen-bond acceptors (Lipinski definition) is 3. The third-order valence-electron chi connectivity index (χ3n) is 2.35. The minimum atomic E-state index is -3.28. The fourth-order valence-corrected chi connectivity index (χ4v) is 1.53. The Balaban J connectivity index is 2.71. The van der Waals surface area contributed by atoms with E-state index in [1.807, 2.05) is 0 Å². The molecule has 1 aromatic heterocycles. The van der Waals surface area contributed by atoms with E-state index in [0.717, 1.165) is 0 Å². The van der Waals surface area contributed by atoms with Crippen LogP contribution in [0.4, 0.5) is 8.78 Å². The van der Waals surface area contributed by atoms with Crippen molar-refractivity contribution < 1.29 is 13.9 Å². The predicted octanol–water partition coefficient (Wildman–Crippen LogP) is 1.53. The standard InChI is InChI=1S/C11H10F2N2O2/c1-11(12,13)9-10(17)15-8-4-6(5-16)2-3-7(8)14-9/h2-4,16H,5H2,1H3,(H,15,17). The Hall–Kier alpha value is -1.82. The van der Waals surface area contributed by atoms with Crippen LogP contribution in [0.25, 0.3) is 11.0 Å². The topological polar surface area (TPSA) is 66.0 Å². The summed E-state index contributed by atoms with van der Waals surface area (Å²) in [7, 11) is 0. The average Bonchev–Trinajstić information content (AvgIpc) is 2.25. The van der Waals surface area contributed by atoms with E-state index in [1.54, 1.807) is 6.07 Å². The lowest BCUT2D eigenvalue weighted by molar-refractivity contribution is 0.0115. The lowest BCUT2D eigenvalue weighted by Crippen LogP contribution is -2.24. The van der Waals surface area contributed by atoms with Gasteiger partial charge in [0.25, 0.3) is 11.5 Å². The van der Waals surface area contributed by atoms with E-state index < -0.39 is 17.2 Å². The van der Waals surface area contributed by atoms with Crippen LogP contribution in [0.5, 0.6) is 0 Å². The van der Waals surface area contributed by atoms with E-state index in [4.69, 9.17) is 5.11 Å². The molecule has 0 unspecified atom stereocenters. The van der Waals surface area contributed by atoms with E-state index in [0.29, 0.717) is 18.0 Å². The lowest BCUT2D eigenvalue weighted by Gasteiger charge is -2.09. The Labute approximate surface area is 94.9 Å². The summed E-state index contributed by atoms with van der Waals surface area (Å²) >= 11 is 0. The summed E-state index contributed by atoms with van der Waals surface area (Å²) in [4.78, 5) is 17.4. The van der Waals surface area contributed by atoms with Crippen LogP contribution in [0.15, 0.2) is 23.0 Å². The maximum atomic E-state index is 13.1. The molecule has 17 heavy (non-hydrogen) atoms. The minimum absolute atomic E-state index is 0.191. The predicted molar refractivity (Wildman–Crippen MR) is 57.9 cm³/mol. The number of rotatable bonds is 2. The molecular formula is C11H10F2N2O2. The molecule has 0 bridgehead atoms. The van der Waals surface area contributed by atoms with Crippen molar-refractivity contribution in [1.29, 1.82) is 0 Å². The number of alkyl halides is 2. The number of nitrogens with zero attached hydrogens (tertiary/aromatic N) is 1. The van der Waals surface area contributed by atoms with Crippen LogP contribution < -0.4 is 5.56 Å². The molecule has 0 saturated carbocycles. The van der Waals surface area contributed by atoms with Crippen molar-refractivity contribution in [2.24, 2.45) is 0 Å². The molecule has 0 radical (unpaired) electrons. The molecule has 6 heteroatoms. The summed E-state index contributed by atoms with van der Waals surface area (Å²) in [5.74, 6) is -3.28. The van der Waals surface area contributed by atoms with Crippen LogP contribution in [-0.4, -0.2) is 15.1 Å². The lowest BCUT2D eigenvalue weighted by atomic mass is 10.2. The van der Waals surface area contributed by atoms with Gasteiger partial charge in [0.2, 0.25) is 0 Å². The highest BCUT2D eigenvalue weighted by Crippen LogP contribution is 2.23. The maximum absolute atomic E-state index is 13.1. The van der Waals surface area contributed by atoms with Gasteiger partial charge in [-0.1, -0.05) is 6.07 Å². The molecule has 2 N–H and O–H groups in total. The summed E-state index contributed by atoms with van der Waals surface area (Å²) in [6.45, 7) is 0.433. The summed E-state index contributed by atoms with van der Waals surface area (Å²) in [5.41, 5.74) is -0.555. The average molecular weight is 240 g/mol. The number of aromatic amines is 1. The van der Waals surface area contributed by atoms with Gasteiger partial charge in [-0.05, 0) is 17.7 Å². The number of nitrogens with one attached hydrogen (secondary N) is 1. The quantitative estimate of drug-likeness (QED) is 0.836. The van der Waals surface area contributed by atoms with Crippen LogP contribution in [0, 0.1) is 0 Å². The largest absolute Gasteiger partial charge is 0.392 e. The van der Waals surface area contributed by atoms with Crippen LogP contribution in [0.3, 0.4) is 0 Å². The Kier molecular flexibility index (Phi) is 2.66. The summed E-state index contributed by atoms with van der Waals surface area (Å²) in [5, 5.41) is 8.92. The Morgan fingerprint density at radius 3 is 2.76 bits per heavy atom. The van der Waals surface area contributed by atoms with E-state index >= 15 is 0 Å². The first-order valence-electron chi connectivity index (χ1n) is 4.94. The van der Waals surface area contributed by atoms with Gasteiger partial charge in [-0.2, -0.15) is 8.78 Å². The molecule has 0 amide bonds. The smallest absolute Gasteiger partial charge is 0.292 e. The third kappa shape index (κ3) is 2.16. The zero-order valence-electron chi connectivity index (χ0n) is 9.00. The highest BCUT2D eigenvalue weighted by molar-refractivity contribution is 5.74. The van der Waals surface area contributed by atoms with Crippen molar-refractivity contribution in [3.8, 4) is 0 Å². The first kappa shape index (κ1) is 11.7. The fourth-order valence-electron chi connectivity index (χ4n) is 1.53. The van der Waals surface area contributed by atoms with Crippen LogP contribution in [0.1, 0.15) is 18.2 Å². The number of H-pyrrole nitrogens is 1. The molecule has 0 saturated heterocycles. The monoisotopic (exact) mass is 240 g/mol. The highest BCUT2D eigenvalue weighted by atomic mass is 19.3. The molecule has 0 aliphatic heterocycles. The molecule has 0 atom stereocenters. The molecular weight excluding hydrogens is 230 g/mol. The van der Waals surface area contributed by atoms with Crippen molar-refractivity contribution in [2.75, 3.05) is 0 Å². The fraction of sp³-hybridized carbons (Fsp3) is 0.273. The zero-order chi connectivity index (χ0) is 12.6. The first-order chi connectivity index (χ1) is 7.91. The van der Waals surface area contributed by atoms with E-state index in [-0.39, 0.29) is 12.1 Å². The zero-order valence-corrected chi connectivity index (χ0v) is 9.00. The van der Waals surface area contributed by atoms with E-state index in [2.05, 4.69) is 9.97 Å². The third-order valence-corrected chi connectivity index (χ3v) is 2.35. The van der Waals surface area contributed by atoms with Crippen molar-refractivity contribution in [3.63, 3.8) is 0 Å². The summed E-state index contributed by atoms with van der Waals surface area (Å²) < 4.78 is 26.1. The van der Waals surface area contributed by atoms with Gasteiger partial charge >= 0.3 is 0 Å². The molecule has 2 aromatic rings. The van der Waals surface area contributed by atoms with Crippen LogP contribution in [0.2, 0.25) is 0 Å². The van der Waals surface area contributed by atoms with E-state index in [1.165, 1.54) is 12.1 Å². The van der Waals surface area contributed by atoms with Gasteiger partial charge in [0.15, 0.2) is 5.69 Å². The Bertz CT molecular complexity index is 617. The SMILES string of the molecule is CC(F)(F)c1nc2ccc(CO)cc2[nH]c1=O. The van der Waals surface area contributed by atoms with E-state index in [9.17, 15) is 13.6 Å². The molecule has 1 heterocycles. The van der Waals surface area contributed by atoms with Gasteiger partial charge in [0.05, 0.1) is 17.6 Å². The van der Waals surface area contributed by atoms with Gasteiger partial charge in [0, 0.05) is 6.92 Å². The van der Waals surface area contributed by atoms with Gasteiger partial charge < -0.3 is 10.1 Å². The molecule has 4 nitrogen and oxygen atoms in total. The minimum Gasteiger partial charge on any atom is -0.392 e. The molecule has 0 spiro atoms. The van der Waals surface area contributed by atoms with Crippen LogP contribution in [-0.2, 0) is 12.5 Å². The number of aliphatic hydroxyl groups is 1. The number of aliphatic hydroxyl groups excluding tert-OH is 1. The Morgan fingerprint density at radius 1 is 1.47 bits per heavy atom. The molecule has 90 valence electrons. The number of aromatic nitrogens is 2. The highest BCUT2D eigenvalue weighted by Gasteiger charge is 2.30. The normalized spacial score (nSPS) is 12.0.